The van der Waals surface area contributed by atoms with E-state index < -0.39 is 0 Å². The van der Waals surface area contributed by atoms with Gasteiger partial charge in [0.2, 0.25) is 0 Å². The van der Waals surface area contributed by atoms with Gasteiger partial charge < -0.3 is 24.5 Å². The molecule has 0 saturated heterocycles. The average molecular weight is 333 g/mol. The fourth-order valence-electron chi connectivity index (χ4n) is 2.24. The molecule has 2 rings (SSSR count). The van der Waals surface area contributed by atoms with Crippen molar-refractivity contribution in [2.45, 2.75) is 19.9 Å². The number of methoxy groups -OCH3 is 1. The number of furan rings is 1. The van der Waals surface area contributed by atoms with Gasteiger partial charge >= 0.3 is 0 Å². The van der Waals surface area contributed by atoms with Gasteiger partial charge in [0.1, 0.15) is 17.9 Å². The Bertz CT molecular complexity index is 592. The molecule has 6 heteroatoms. The molecule has 0 fully saturated rings. The Morgan fingerprint density at radius 1 is 1.17 bits per heavy atom. The van der Waals surface area contributed by atoms with Crippen molar-refractivity contribution in [2.75, 3.05) is 40.0 Å². The molecule has 1 heterocycles. The number of para-hydroxylation sites is 1. The van der Waals surface area contributed by atoms with E-state index in [4.69, 9.17) is 13.9 Å². The molecule has 0 aliphatic heterocycles. The van der Waals surface area contributed by atoms with Crippen LogP contribution in [-0.2, 0) is 16.0 Å². The van der Waals surface area contributed by atoms with Gasteiger partial charge in [-0.15, -0.1) is 0 Å². The van der Waals surface area contributed by atoms with E-state index in [1.807, 2.05) is 37.3 Å². The molecule has 2 N–H and O–H groups in total. The summed E-state index contributed by atoms with van der Waals surface area (Å²) in [7, 11) is 1.67. The zero-order valence-corrected chi connectivity index (χ0v) is 14.5. The van der Waals surface area contributed by atoms with Gasteiger partial charge in [0, 0.05) is 32.2 Å². The standard InChI is InChI=1S/C18H27N3O3/c1-3-19-18(20-9-6-10-23-12-11-22-2)21-14-16-13-15-7-4-5-8-17(15)24-16/h4-5,7-8,13H,3,6,9-12,14H2,1-2H3,(H2,19,20,21). The van der Waals surface area contributed by atoms with E-state index in [-0.39, 0.29) is 0 Å². The van der Waals surface area contributed by atoms with Crippen LogP contribution in [0.2, 0.25) is 0 Å². The lowest BCUT2D eigenvalue weighted by Gasteiger charge is -2.11. The van der Waals surface area contributed by atoms with Crippen LogP contribution in [0.25, 0.3) is 11.0 Å². The third kappa shape index (κ3) is 6.22. The molecule has 0 radical (unpaired) electrons. The summed E-state index contributed by atoms with van der Waals surface area (Å²) < 4.78 is 16.2. The Hall–Kier alpha value is -2.05. The molecule has 0 bridgehead atoms. The Labute approximate surface area is 143 Å². The number of rotatable bonds is 10. The molecule has 0 aliphatic rings. The van der Waals surface area contributed by atoms with Gasteiger partial charge in [-0.3, -0.25) is 0 Å². The number of aliphatic imine (C=N–C) groups is 1. The maximum absolute atomic E-state index is 5.78. The van der Waals surface area contributed by atoms with Gasteiger partial charge in [0.25, 0.3) is 0 Å². The number of guanidine groups is 1. The zero-order chi connectivity index (χ0) is 17.0. The maximum Gasteiger partial charge on any atom is 0.191 e. The van der Waals surface area contributed by atoms with E-state index >= 15 is 0 Å². The van der Waals surface area contributed by atoms with E-state index in [9.17, 15) is 0 Å². The Balaban J connectivity index is 1.77. The van der Waals surface area contributed by atoms with Crippen LogP contribution in [0, 0.1) is 0 Å². The molecular formula is C18H27N3O3. The van der Waals surface area contributed by atoms with E-state index in [1.165, 1.54) is 0 Å². The summed E-state index contributed by atoms with van der Waals surface area (Å²) in [6.45, 7) is 6.15. The van der Waals surface area contributed by atoms with Crippen LogP contribution in [0.3, 0.4) is 0 Å². The van der Waals surface area contributed by atoms with Gasteiger partial charge in [0.05, 0.1) is 13.2 Å². The van der Waals surface area contributed by atoms with Crippen LogP contribution in [-0.4, -0.2) is 46.0 Å². The van der Waals surface area contributed by atoms with Crippen molar-refractivity contribution in [1.82, 2.24) is 10.6 Å². The summed E-state index contributed by atoms with van der Waals surface area (Å²) in [6.07, 6.45) is 0.915. The Kier molecular flexibility index (Phi) is 8.13. The second kappa shape index (κ2) is 10.7. The number of hydrogen-bond acceptors (Lipinski definition) is 4. The van der Waals surface area contributed by atoms with Crippen LogP contribution in [0.4, 0.5) is 0 Å². The minimum absolute atomic E-state index is 0.508. The molecular weight excluding hydrogens is 306 g/mol. The molecule has 1 aromatic carbocycles. The van der Waals surface area contributed by atoms with E-state index in [0.29, 0.717) is 26.4 Å². The van der Waals surface area contributed by atoms with Crippen LogP contribution < -0.4 is 10.6 Å². The summed E-state index contributed by atoms with van der Waals surface area (Å²) in [4.78, 5) is 4.57. The van der Waals surface area contributed by atoms with Crippen LogP contribution in [0.1, 0.15) is 19.1 Å². The number of hydrogen-bond donors (Lipinski definition) is 2. The third-order valence-electron chi connectivity index (χ3n) is 3.40. The molecule has 132 valence electrons. The average Bonchev–Trinajstić information content (AvgIpc) is 3.01. The minimum Gasteiger partial charge on any atom is -0.459 e. The largest absolute Gasteiger partial charge is 0.459 e. The van der Waals surface area contributed by atoms with E-state index in [0.717, 1.165) is 42.2 Å². The molecule has 0 atom stereocenters. The van der Waals surface area contributed by atoms with Gasteiger partial charge in [0.15, 0.2) is 5.96 Å². The van der Waals surface area contributed by atoms with E-state index in [1.54, 1.807) is 7.11 Å². The summed E-state index contributed by atoms with van der Waals surface area (Å²) in [5, 5.41) is 7.64. The van der Waals surface area contributed by atoms with Crippen LogP contribution >= 0.6 is 0 Å². The van der Waals surface area contributed by atoms with Crippen molar-refractivity contribution >= 4 is 16.9 Å². The third-order valence-corrected chi connectivity index (χ3v) is 3.40. The highest BCUT2D eigenvalue weighted by Gasteiger charge is 2.03. The van der Waals surface area contributed by atoms with Crippen molar-refractivity contribution in [2.24, 2.45) is 4.99 Å². The van der Waals surface area contributed by atoms with Gasteiger partial charge in [-0.1, -0.05) is 18.2 Å². The lowest BCUT2D eigenvalue weighted by molar-refractivity contribution is 0.0698. The number of nitrogens with zero attached hydrogens (tertiary/aromatic N) is 1. The number of benzene rings is 1. The van der Waals surface area contributed by atoms with Crippen molar-refractivity contribution in [3.63, 3.8) is 0 Å². The predicted molar refractivity (Wildman–Crippen MR) is 96.3 cm³/mol. The fraction of sp³-hybridized carbons (Fsp3) is 0.500. The predicted octanol–water partition coefficient (Wildman–Crippen LogP) is 2.54. The highest BCUT2D eigenvalue weighted by molar-refractivity contribution is 5.80. The quantitative estimate of drug-likeness (QED) is 0.397. The second-order valence-corrected chi connectivity index (χ2v) is 5.33. The van der Waals surface area contributed by atoms with Gasteiger partial charge in [-0.25, -0.2) is 4.99 Å². The molecule has 2 aromatic rings. The Morgan fingerprint density at radius 2 is 2.04 bits per heavy atom. The molecule has 0 aliphatic carbocycles. The van der Waals surface area contributed by atoms with Gasteiger partial charge in [-0.05, 0) is 25.5 Å². The first-order valence-electron chi connectivity index (χ1n) is 8.39. The summed E-state index contributed by atoms with van der Waals surface area (Å²) in [5.41, 5.74) is 0.897. The highest BCUT2D eigenvalue weighted by Crippen LogP contribution is 2.19. The molecule has 0 saturated carbocycles. The first kappa shape index (κ1) is 18.3. The molecule has 0 spiro atoms. The van der Waals surface area contributed by atoms with Crippen molar-refractivity contribution in [3.05, 3.63) is 36.1 Å². The number of ether oxygens (including phenoxy) is 2. The molecule has 0 amide bonds. The first-order chi connectivity index (χ1) is 11.8. The monoisotopic (exact) mass is 333 g/mol. The summed E-state index contributed by atoms with van der Waals surface area (Å²) in [5.74, 6) is 1.64. The topological polar surface area (TPSA) is 68.0 Å². The smallest absolute Gasteiger partial charge is 0.191 e. The molecule has 6 nitrogen and oxygen atoms in total. The maximum atomic E-state index is 5.78. The normalized spacial score (nSPS) is 11.8. The van der Waals surface area contributed by atoms with Crippen LogP contribution in [0.5, 0.6) is 0 Å². The fourth-order valence-corrected chi connectivity index (χ4v) is 2.24. The Morgan fingerprint density at radius 3 is 2.83 bits per heavy atom. The first-order valence-corrected chi connectivity index (χ1v) is 8.39. The van der Waals surface area contributed by atoms with Crippen molar-refractivity contribution in [3.8, 4) is 0 Å². The number of nitrogens with one attached hydrogen (secondary N) is 2. The van der Waals surface area contributed by atoms with Crippen molar-refractivity contribution < 1.29 is 13.9 Å². The van der Waals surface area contributed by atoms with Gasteiger partial charge in [-0.2, -0.15) is 0 Å². The second-order valence-electron chi connectivity index (χ2n) is 5.33. The minimum atomic E-state index is 0.508. The lowest BCUT2D eigenvalue weighted by atomic mass is 10.2. The SMILES string of the molecule is CCNC(=NCc1cc2ccccc2o1)NCCCOCCOC. The zero-order valence-electron chi connectivity index (χ0n) is 14.5. The van der Waals surface area contributed by atoms with E-state index in [2.05, 4.69) is 15.6 Å². The molecule has 24 heavy (non-hydrogen) atoms. The molecule has 1 aromatic heterocycles. The highest BCUT2D eigenvalue weighted by atomic mass is 16.5. The lowest BCUT2D eigenvalue weighted by Crippen LogP contribution is -2.38. The number of fused-ring (bicyclic) bond motifs is 1. The van der Waals surface area contributed by atoms with Crippen LogP contribution in [0.15, 0.2) is 39.7 Å². The summed E-state index contributed by atoms with van der Waals surface area (Å²) in [6, 6.07) is 10.0. The summed E-state index contributed by atoms with van der Waals surface area (Å²) >= 11 is 0. The van der Waals surface area contributed by atoms with Crippen molar-refractivity contribution in [1.29, 1.82) is 0 Å². The molecule has 0 unspecified atom stereocenters.